The number of nitrogens with zero attached hydrogens (tertiary/aromatic N) is 2. The van der Waals surface area contributed by atoms with Crippen LogP contribution in [0.4, 0.5) is 28.4 Å². The number of rotatable bonds is 4. The molecular weight excluding hydrogens is 713 g/mol. The van der Waals surface area contributed by atoms with Gasteiger partial charge in [-0.1, -0.05) is 187 Å². The third-order valence-corrected chi connectivity index (χ3v) is 14.3. The van der Waals surface area contributed by atoms with Gasteiger partial charge in [-0.05, 0) is 97.6 Å². The molecule has 0 saturated carbocycles. The van der Waals surface area contributed by atoms with Crippen LogP contribution in [0.3, 0.4) is 0 Å². The highest BCUT2D eigenvalue weighted by Gasteiger charge is 2.46. The highest BCUT2D eigenvalue weighted by Crippen LogP contribution is 2.57. The molecule has 2 nitrogen and oxygen atoms in total. The summed E-state index contributed by atoms with van der Waals surface area (Å²) in [6.45, 7) is 14.3. The molecule has 7 aromatic rings. The molecule has 0 fully saturated rings. The predicted molar refractivity (Wildman–Crippen MR) is 250 cm³/mol. The minimum Gasteiger partial charge on any atom is -0.310 e. The van der Waals surface area contributed by atoms with Crippen molar-refractivity contribution in [1.29, 1.82) is 0 Å². The van der Waals surface area contributed by atoms with Crippen LogP contribution in [0.15, 0.2) is 176 Å². The first-order chi connectivity index (χ1) is 28.5. The molecular formula is C57H50N2. The molecule has 0 spiro atoms. The molecule has 59 heavy (non-hydrogen) atoms. The number of hydrogen-bond donors (Lipinski definition) is 0. The van der Waals surface area contributed by atoms with Crippen molar-refractivity contribution >= 4 is 51.4 Å². The van der Waals surface area contributed by atoms with Crippen molar-refractivity contribution in [2.45, 2.75) is 63.7 Å². The highest BCUT2D eigenvalue weighted by molar-refractivity contribution is 6.04. The smallest absolute Gasteiger partial charge is 0.0540 e. The zero-order valence-electron chi connectivity index (χ0n) is 34.9. The van der Waals surface area contributed by atoms with E-state index in [2.05, 4.69) is 233 Å². The molecule has 4 aliphatic rings. The molecule has 2 atom stereocenters. The van der Waals surface area contributed by atoms with Crippen LogP contribution >= 0.6 is 0 Å². The average Bonchev–Trinajstić information content (AvgIpc) is 3.48. The Hall–Kier alpha value is -6.38. The molecule has 0 amide bonds. The Labute approximate surface area is 349 Å². The third kappa shape index (κ3) is 5.18. The van der Waals surface area contributed by atoms with Crippen LogP contribution in [0, 0.1) is 5.92 Å². The SMILES string of the molecule is CC1(C)c2ccccc2N(C2=CC3C(C=C2)c2ccc(/C=C/c4ccc(N5c6ccccc6C(C)(C)c6ccccc65)c5ccccc45)cc2C3(C)C)c2ccccc21. The van der Waals surface area contributed by atoms with Gasteiger partial charge in [0.25, 0.3) is 0 Å². The molecule has 0 bridgehead atoms. The van der Waals surface area contributed by atoms with E-state index in [0.717, 1.165) is 0 Å². The van der Waals surface area contributed by atoms with Gasteiger partial charge in [-0.3, -0.25) is 0 Å². The van der Waals surface area contributed by atoms with Crippen molar-refractivity contribution < 1.29 is 0 Å². The van der Waals surface area contributed by atoms with E-state index in [9.17, 15) is 0 Å². The number of allylic oxidation sites excluding steroid dienone is 3. The molecule has 0 saturated heterocycles. The molecule has 2 unspecified atom stereocenters. The van der Waals surface area contributed by atoms with Gasteiger partial charge in [0.15, 0.2) is 0 Å². The van der Waals surface area contributed by atoms with Gasteiger partial charge in [-0.25, -0.2) is 0 Å². The minimum atomic E-state index is -0.0948. The second-order valence-corrected chi connectivity index (χ2v) is 18.6. The molecule has 2 heteroatoms. The summed E-state index contributed by atoms with van der Waals surface area (Å²) in [4.78, 5) is 4.99. The Balaban J connectivity index is 0.940. The maximum Gasteiger partial charge on any atom is 0.0540 e. The van der Waals surface area contributed by atoms with Crippen molar-refractivity contribution in [2.75, 3.05) is 9.80 Å². The number of anilines is 5. The van der Waals surface area contributed by atoms with E-state index >= 15 is 0 Å². The lowest BCUT2D eigenvalue weighted by Crippen LogP contribution is -2.34. The molecule has 0 N–H and O–H groups in total. The summed E-state index contributed by atoms with van der Waals surface area (Å²) < 4.78 is 0. The van der Waals surface area contributed by atoms with Crippen molar-refractivity contribution in [1.82, 2.24) is 0 Å². The Kier molecular flexibility index (Phi) is 7.76. The summed E-state index contributed by atoms with van der Waals surface area (Å²) in [5, 5.41) is 2.50. The Morgan fingerprint density at radius 1 is 0.458 bits per heavy atom. The lowest BCUT2D eigenvalue weighted by atomic mass is 9.72. The quantitative estimate of drug-likeness (QED) is 0.165. The molecule has 2 heterocycles. The van der Waals surface area contributed by atoms with Crippen molar-refractivity contribution in [3.05, 3.63) is 220 Å². The molecule has 0 radical (unpaired) electrons. The second-order valence-electron chi connectivity index (χ2n) is 18.6. The maximum absolute atomic E-state index is 2.57. The van der Waals surface area contributed by atoms with Crippen molar-refractivity contribution in [3.8, 4) is 0 Å². The second kappa shape index (κ2) is 12.8. The van der Waals surface area contributed by atoms with Crippen LogP contribution in [0.25, 0.3) is 22.9 Å². The summed E-state index contributed by atoms with van der Waals surface area (Å²) in [7, 11) is 0. The average molecular weight is 763 g/mol. The van der Waals surface area contributed by atoms with Gasteiger partial charge < -0.3 is 9.80 Å². The number of fused-ring (bicyclic) bond motifs is 8. The van der Waals surface area contributed by atoms with Crippen LogP contribution in [-0.4, -0.2) is 0 Å². The highest BCUT2D eigenvalue weighted by atomic mass is 15.2. The normalized spacial score (nSPS) is 20.0. The summed E-state index contributed by atoms with van der Waals surface area (Å²) in [5.74, 6) is 0.693. The Morgan fingerprint density at radius 2 is 0.966 bits per heavy atom. The standard InChI is InChI=1S/C57H50N2/c1-55(2)44-19-9-13-23-51(44)58(52-24-14-10-20-45(52)55)39-31-33-42-41-32-28-37(35-48(41)57(5,6)49(42)36-39)27-29-38-30-34-50(43-18-8-7-17-40(38)43)59-53-25-15-11-21-46(53)56(3,4)47-22-12-16-26-54(47)59/h7-36,42,49H,1-6H3/b29-27+. The number of para-hydroxylation sites is 4. The van der Waals surface area contributed by atoms with Crippen LogP contribution < -0.4 is 9.80 Å². The van der Waals surface area contributed by atoms with Gasteiger partial charge in [-0.2, -0.15) is 0 Å². The first-order valence-corrected chi connectivity index (χ1v) is 21.3. The first kappa shape index (κ1) is 35.8. The summed E-state index contributed by atoms with van der Waals surface area (Å²) in [5.41, 5.74) is 18.1. The number of hydrogen-bond acceptors (Lipinski definition) is 2. The van der Waals surface area contributed by atoms with E-state index in [4.69, 9.17) is 0 Å². The summed E-state index contributed by atoms with van der Waals surface area (Å²) >= 11 is 0. The van der Waals surface area contributed by atoms with Gasteiger partial charge in [0.1, 0.15) is 0 Å². The van der Waals surface area contributed by atoms with E-state index in [-0.39, 0.29) is 16.2 Å². The molecule has 2 aliphatic carbocycles. The predicted octanol–water partition coefficient (Wildman–Crippen LogP) is 15.0. The van der Waals surface area contributed by atoms with Crippen LogP contribution in [0.1, 0.15) is 92.0 Å². The molecule has 288 valence electrons. The largest absolute Gasteiger partial charge is 0.310 e. The first-order valence-electron chi connectivity index (χ1n) is 21.3. The maximum atomic E-state index is 2.57. The molecule has 0 aromatic heterocycles. The van der Waals surface area contributed by atoms with Crippen LogP contribution in [0.5, 0.6) is 0 Å². The van der Waals surface area contributed by atoms with Gasteiger partial charge in [-0.15, -0.1) is 0 Å². The van der Waals surface area contributed by atoms with E-state index in [1.165, 1.54) is 89.4 Å². The zero-order chi connectivity index (χ0) is 40.3. The molecule has 2 aliphatic heterocycles. The Morgan fingerprint density at radius 3 is 1.54 bits per heavy atom. The monoisotopic (exact) mass is 762 g/mol. The molecule has 7 aromatic carbocycles. The summed E-state index contributed by atoms with van der Waals surface area (Å²) in [6, 6.07) is 56.5. The van der Waals surface area contributed by atoms with Crippen molar-refractivity contribution in [3.63, 3.8) is 0 Å². The lowest BCUT2D eigenvalue weighted by molar-refractivity contribution is 0.392. The van der Waals surface area contributed by atoms with E-state index < -0.39 is 0 Å². The fourth-order valence-corrected chi connectivity index (χ4v) is 11.2. The van der Waals surface area contributed by atoms with E-state index in [1.807, 2.05) is 0 Å². The van der Waals surface area contributed by atoms with E-state index in [0.29, 0.717) is 11.8 Å². The van der Waals surface area contributed by atoms with Crippen LogP contribution in [-0.2, 0) is 16.2 Å². The van der Waals surface area contributed by atoms with Crippen molar-refractivity contribution in [2.24, 2.45) is 5.92 Å². The van der Waals surface area contributed by atoms with E-state index in [1.54, 1.807) is 0 Å². The lowest BCUT2D eigenvalue weighted by Gasteiger charge is -2.43. The zero-order valence-corrected chi connectivity index (χ0v) is 34.9. The van der Waals surface area contributed by atoms with Gasteiger partial charge >= 0.3 is 0 Å². The molecule has 11 rings (SSSR count). The Bertz CT molecular complexity index is 2850. The fourth-order valence-electron chi connectivity index (χ4n) is 11.2. The third-order valence-electron chi connectivity index (χ3n) is 14.3. The van der Waals surface area contributed by atoms with Gasteiger partial charge in [0.2, 0.25) is 0 Å². The number of benzene rings is 7. The fraction of sp³-hybridized carbons (Fsp3) is 0.193. The van der Waals surface area contributed by atoms with Gasteiger partial charge in [0, 0.05) is 27.8 Å². The topological polar surface area (TPSA) is 6.48 Å². The summed E-state index contributed by atoms with van der Waals surface area (Å²) in [6.07, 6.45) is 12.0. The van der Waals surface area contributed by atoms with Gasteiger partial charge in [0.05, 0.1) is 28.4 Å². The minimum absolute atomic E-state index is 0.0438. The van der Waals surface area contributed by atoms with Crippen LogP contribution in [0.2, 0.25) is 0 Å².